The van der Waals surface area contributed by atoms with Crippen LogP contribution in [0.5, 0.6) is 0 Å². The maximum Gasteiger partial charge on any atom is 0.226 e. The van der Waals surface area contributed by atoms with Gasteiger partial charge in [0.2, 0.25) is 11.8 Å². The Hall–Kier alpha value is -2.35. The van der Waals surface area contributed by atoms with Crippen LogP contribution in [0.25, 0.3) is 0 Å². The molecule has 1 aromatic rings. The van der Waals surface area contributed by atoms with Gasteiger partial charge in [0.25, 0.3) is 0 Å². The monoisotopic (exact) mass is 273 g/mol. The molecule has 5 heteroatoms. The van der Waals surface area contributed by atoms with Crippen molar-refractivity contribution in [3.63, 3.8) is 0 Å². The molecule has 0 spiro atoms. The minimum atomic E-state index is -0.209. The van der Waals surface area contributed by atoms with Gasteiger partial charge in [0, 0.05) is 25.9 Å². The number of benzene rings is 1. The summed E-state index contributed by atoms with van der Waals surface area (Å²) in [5.41, 5.74) is 0.923. The van der Waals surface area contributed by atoms with Crippen LogP contribution in [0.3, 0.4) is 0 Å². The van der Waals surface area contributed by atoms with Crippen LogP contribution >= 0.6 is 0 Å². The smallest absolute Gasteiger partial charge is 0.226 e. The average Bonchev–Trinajstić information content (AvgIpc) is 2.38. The summed E-state index contributed by atoms with van der Waals surface area (Å²) in [6.07, 6.45) is 0.206. The van der Waals surface area contributed by atoms with Crippen LogP contribution in [-0.2, 0) is 9.59 Å². The lowest BCUT2D eigenvalue weighted by atomic mass is 10.2. The Morgan fingerprint density at radius 2 is 2.00 bits per heavy atom. The van der Waals surface area contributed by atoms with Crippen LogP contribution in [0, 0.1) is 11.3 Å². The fourth-order valence-electron chi connectivity index (χ4n) is 1.90. The normalized spacial score (nSPS) is 9.95. The molecule has 0 unspecified atom stereocenters. The average molecular weight is 273 g/mol. The summed E-state index contributed by atoms with van der Waals surface area (Å²) in [5.74, 6) is -0.259. The second-order valence-electron chi connectivity index (χ2n) is 4.76. The maximum absolute atomic E-state index is 11.9. The number of nitriles is 1. The largest absolute Gasteiger partial charge is 0.340 e. The number of nitrogens with zero attached hydrogens (tertiary/aromatic N) is 2. The van der Waals surface area contributed by atoms with Crippen molar-refractivity contribution < 1.29 is 9.59 Å². The molecule has 0 aliphatic heterocycles. The zero-order chi connectivity index (χ0) is 15.1. The van der Waals surface area contributed by atoms with Crippen molar-refractivity contribution in [2.75, 3.05) is 11.9 Å². The van der Waals surface area contributed by atoms with E-state index >= 15 is 0 Å². The molecule has 0 saturated heterocycles. The Kier molecular flexibility index (Phi) is 5.73. The maximum atomic E-state index is 11.9. The van der Waals surface area contributed by atoms with Gasteiger partial charge in [-0.05, 0) is 26.0 Å². The van der Waals surface area contributed by atoms with E-state index in [4.69, 9.17) is 5.26 Å². The molecule has 1 N–H and O–H groups in total. The fraction of sp³-hybridized carbons (Fsp3) is 0.400. The molecule has 0 bridgehead atoms. The summed E-state index contributed by atoms with van der Waals surface area (Å²) in [6.45, 7) is 5.67. The second kappa shape index (κ2) is 7.29. The lowest BCUT2D eigenvalue weighted by Gasteiger charge is -2.25. The number of carbonyl (C=O) groups excluding carboxylic acids is 2. The van der Waals surface area contributed by atoms with Gasteiger partial charge in [0.05, 0.1) is 11.3 Å². The molecule has 2 amide bonds. The van der Waals surface area contributed by atoms with Crippen LogP contribution in [0.1, 0.15) is 32.8 Å². The molecule has 20 heavy (non-hydrogen) atoms. The molecule has 0 saturated carbocycles. The van der Waals surface area contributed by atoms with Gasteiger partial charge in [-0.1, -0.05) is 12.1 Å². The first-order valence-electron chi connectivity index (χ1n) is 6.52. The van der Waals surface area contributed by atoms with E-state index in [0.29, 0.717) is 17.8 Å². The van der Waals surface area contributed by atoms with E-state index in [1.165, 1.54) is 6.92 Å². The van der Waals surface area contributed by atoms with Crippen molar-refractivity contribution in [2.24, 2.45) is 0 Å². The van der Waals surface area contributed by atoms with Crippen LogP contribution in [0.15, 0.2) is 24.3 Å². The van der Waals surface area contributed by atoms with E-state index in [-0.39, 0.29) is 24.3 Å². The van der Waals surface area contributed by atoms with Crippen molar-refractivity contribution >= 4 is 17.5 Å². The number of carbonyl (C=O) groups is 2. The molecule has 0 aliphatic carbocycles. The van der Waals surface area contributed by atoms with Gasteiger partial charge in [0.15, 0.2) is 0 Å². The molecule has 0 heterocycles. The molecule has 1 rings (SSSR count). The molecule has 0 radical (unpaired) electrons. The Labute approximate surface area is 119 Å². The van der Waals surface area contributed by atoms with E-state index in [9.17, 15) is 9.59 Å². The van der Waals surface area contributed by atoms with E-state index in [1.807, 2.05) is 19.9 Å². The third kappa shape index (κ3) is 4.39. The van der Waals surface area contributed by atoms with Crippen LogP contribution < -0.4 is 5.32 Å². The number of para-hydroxylation sites is 1. The van der Waals surface area contributed by atoms with Crippen LogP contribution in [0.2, 0.25) is 0 Å². The van der Waals surface area contributed by atoms with Crippen molar-refractivity contribution in [1.29, 1.82) is 5.26 Å². The summed E-state index contributed by atoms with van der Waals surface area (Å²) in [4.78, 5) is 24.9. The quantitative estimate of drug-likeness (QED) is 0.893. The first kappa shape index (κ1) is 15.7. The van der Waals surface area contributed by atoms with E-state index in [1.54, 1.807) is 29.2 Å². The third-order valence-corrected chi connectivity index (χ3v) is 2.93. The Balaban J connectivity index is 2.60. The Bertz CT molecular complexity index is 532. The van der Waals surface area contributed by atoms with Gasteiger partial charge in [0.1, 0.15) is 6.07 Å². The topological polar surface area (TPSA) is 73.2 Å². The molecule has 1 aromatic carbocycles. The van der Waals surface area contributed by atoms with E-state index in [0.717, 1.165) is 0 Å². The van der Waals surface area contributed by atoms with E-state index < -0.39 is 0 Å². The molecular formula is C15H19N3O2. The Morgan fingerprint density at radius 3 is 2.55 bits per heavy atom. The van der Waals surface area contributed by atoms with Crippen LogP contribution in [-0.4, -0.2) is 29.3 Å². The number of hydrogen-bond acceptors (Lipinski definition) is 3. The molecular weight excluding hydrogens is 254 g/mol. The van der Waals surface area contributed by atoms with Crippen molar-refractivity contribution in [1.82, 2.24) is 4.90 Å². The minimum absolute atomic E-state index is 0.0507. The van der Waals surface area contributed by atoms with Gasteiger partial charge in [-0.3, -0.25) is 9.59 Å². The predicted molar refractivity (Wildman–Crippen MR) is 76.9 cm³/mol. The SMILES string of the molecule is CC(=O)N(CCC(=O)Nc1ccccc1C#N)C(C)C. The van der Waals surface area contributed by atoms with Crippen LogP contribution in [0.4, 0.5) is 5.69 Å². The predicted octanol–water partition coefficient (Wildman–Crippen LogP) is 2.14. The summed E-state index contributed by atoms with van der Waals surface area (Å²) >= 11 is 0. The first-order chi connectivity index (χ1) is 9.45. The zero-order valence-corrected chi connectivity index (χ0v) is 12.0. The van der Waals surface area contributed by atoms with Gasteiger partial charge in [-0.25, -0.2) is 0 Å². The molecule has 0 aromatic heterocycles. The van der Waals surface area contributed by atoms with Gasteiger partial charge < -0.3 is 10.2 Å². The molecule has 5 nitrogen and oxygen atoms in total. The summed E-state index contributed by atoms with van der Waals surface area (Å²) in [5, 5.41) is 11.6. The highest BCUT2D eigenvalue weighted by Gasteiger charge is 2.14. The first-order valence-corrected chi connectivity index (χ1v) is 6.52. The highest BCUT2D eigenvalue weighted by Crippen LogP contribution is 2.13. The van der Waals surface area contributed by atoms with Gasteiger partial charge >= 0.3 is 0 Å². The number of nitrogens with one attached hydrogen (secondary N) is 1. The summed E-state index contributed by atoms with van der Waals surface area (Å²) < 4.78 is 0. The number of amides is 2. The summed E-state index contributed by atoms with van der Waals surface area (Å²) in [6, 6.07) is 8.91. The Morgan fingerprint density at radius 1 is 1.35 bits per heavy atom. The molecule has 0 aliphatic rings. The van der Waals surface area contributed by atoms with Crippen molar-refractivity contribution in [3.8, 4) is 6.07 Å². The highest BCUT2D eigenvalue weighted by atomic mass is 16.2. The molecule has 0 fully saturated rings. The number of anilines is 1. The summed E-state index contributed by atoms with van der Waals surface area (Å²) in [7, 11) is 0. The van der Waals surface area contributed by atoms with Gasteiger partial charge in [-0.2, -0.15) is 5.26 Å². The lowest BCUT2D eigenvalue weighted by Crippen LogP contribution is -2.37. The van der Waals surface area contributed by atoms with Crippen molar-refractivity contribution in [2.45, 2.75) is 33.2 Å². The van der Waals surface area contributed by atoms with Gasteiger partial charge in [-0.15, -0.1) is 0 Å². The minimum Gasteiger partial charge on any atom is -0.340 e. The lowest BCUT2D eigenvalue weighted by molar-refractivity contribution is -0.130. The van der Waals surface area contributed by atoms with Crippen molar-refractivity contribution in [3.05, 3.63) is 29.8 Å². The third-order valence-electron chi connectivity index (χ3n) is 2.93. The molecule has 106 valence electrons. The fourth-order valence-corrected chi connectivity index (χ4v) is 1.90. The number of hydrogen-bond donors (Lipinski definition) is 1. The zero-order valence-electron chi connectivity index (χ0n) is 12.0. The molecule has 0 atom stereocenters. The standard InChI is InChI=1S/C15H19N3O2/c1-11(2)18(12(3)19)9-8-15(20)17-14-7-5-4-6-13(14)10-16/h4-7,11H,8-9H2,1-3H3,(H,17,20). The number of rotatable bonds is 5. The second-order valence-corrected chi connectivity index (χ2v) is 4.76. The van der Waals surface area contributed by atoms with E-state index in [2.05, 4.69) is 5.32 Å². The highest BCUT2D eigenvalue weighted by molar-refractivity contribution is 5.92.